The van der Waals surface area contributed by atoms with E-state index in [0.717, 1.165) is 12.8 Å². The van der Waals surface area contributed by atoms with Gasteiger partial charge in [-0.2, -0.15) is 14.1 Å². The van der Waals surface area contributed by atoms with Gasteiger partial charge in [-0.05, 0) is 42.8 Å². The van der Waals surface area contributed by atoms with E-state index in [0.29, 0.717) is 54.8 Å². The van der Waals surface area contributed by atoms with Crippen molar-refractivity contribution in [3.05, 3.63) is 76.2 Å². The van der Waals surface area contributed by atoms with Gasteiger partial charge in [0.2, 0.25) is 10.0 Å². The van der Waals surface area contributed by atoms with Gasteiger partial charge in [0.1, 0.15) is 5.69 Å². The number of unbranched alkanes of at least 4 members (excludes halogenated alkanes) is 1. The van der Waals surface area contributed by atoms with E-state index in [1.54, 1.807) is 18.3 Å². The van der Waals surface area contributed by atoms with Crippen LogP contribution in [0.25, 0.3) is 5.69 Å². The highest BCUT2D eigenvalue weighted by atomic mass is 35.5. The number of para-hydroxylation sites is 1. The number of benzene rings is 2. The minimum absolute atomic E-state index is 0.222. The van der Waals surface area contributed by atoms with Gasteiger partial charge in [0.15, 0.2) is 0 Å². The van der Waals surface area contributed by atoms with Crippen LogP contribution in [0, 0.1) is 0 Å². The second-order valence-electron chi connectivity index (χ2n) is 8.08. The largest absolute Gasteiger partial charge is 0.379 e. The Hall–Kier alpha value is -2.88. The van der Waals surface area contributed by atoms with E-state index in [1.165, 1.54) is 21.1 Å². The summed E-state index contributed by atoms with van der Waals surface area (Å²) >= 11 is 5.90. The summed E-state index contributed by atoms with van der Waals surface area (Å²) in [6, 6.07) is 15.5. The molecule has 0 amide bonds. The number of hydrogen-bond acceptors (Lipinski definition) is 6. The lowest BCUT2D eigenvalue weighted by atomic mass is 10.2. The van der Waals surface area contributed by atoms with Crippen LogP contribution >= 0.6 is 11.6 Å². The third-order valence-electron chi connectivity index (χ3n) is 5.82. The molecule has 1 fully saturated rings. The van der Waals surface area contributed by atoms with E-state index < -0.39 is 10.0 Å². The first-order chi connectivity index (χ1) is 16.4. The minimum atomic E-state index is -3.61. The summed E-state index contributed by atoms with van der Waals surface area (Å²) in [5.74, 6) is 0. The molecule has 1 N–H and O–H groups in total. The summed E-state index contributed by atoms with van der Waals surface area (Å²) in [7, 11) is -3.61. The van der Waals surface area contributed by atoms with Crippen LogP contribution in [-0.2, 0) is 10.0 Å². The van der Waals surface area contributed by atoms with Gasteiger partial charge in [-0.3, -0.25) is 4.79 Å². The van der Waals surface area contributed by atoms with Crippen LogP contribution in [0.5, 0.6) is 0 Å². The van der Waals surface area contributed by atoms with Crippen molar-refractivity contribution in [3.8, 4) is 5.69 Å². The molecule has 180 valence electrons. The fourth-order valence-corrected chi connectivity index (χ4v) is 5.47. The monoisotopic (exact) mass is 501 g/mol. The minimum Gasteiger partial charge on any atom is -0.379 e. The van der Waals surface area contributed by atoms with Crippen molar-refractivity contribution in [2.45, 2.75) is 24.7 Å². The summed E-state index contributed by atoms with van der Waals surface area (Å²) in [6.07, 6.45) is 3.62. The third-order valence-corrected chi connectivity index (χ3v) is 7.99. The van der Waals surface area contributed by atoms with Gasteiger partial charge in [-0.15, -0.1) is 0 Å². The van der Waals surface area contributed by atoms with Crippen LogP contribution in [0.1, 0.15) is 19.8 Å². The number of rotatable bonds is 8. The van der Waals surface area contributed by atoms with Gasteiger partial charge in [0.25, 0.3) is 5.56 Å². The van der Waals surface area contributed by atoms with Crippen molar-refractivity contribution in [1.29, 1.82) is 0 Å². The van der Waals surface area contributed by atoms with Crippen molar-refractivity contribution in [3.63, 3.8) is 0 Å². The van der Waals surface area contributed by atoms with Crippen LogP contribution in [0.15, 0.2) is 70.5 Å². The molecule has 4 rings (SSSR count). The molecule has 2 heterocycles. The third kappa shape index (κ3) is 5.11. The van der Waals surface area contributed by atoms with E-state index in [1.807, 2.05) is 35.2 Å². The molecule has 0 unspecified atom stereocenters. The number of anilines is 2. The number of aromatic nitrogens is 2. The number of nitrogens with one attached hydrogen (secondary N) is 1. The number of hydrogen-bond donors (Lipinski definition) is 1. The maximum Gasteiger partial charge on any atom is 0.296 e. The number of halogens is 1. The zero-order valence-electron chi connectivity index (χ0n) is 19.0. The van der Waals surface area contributed by atoms with Crippen molar-refractivity contribution < 1.29 is 8.42 Å². The molecular formula is C24H28ClN5O3S. The van der Waals surface area contributed by atoms with E-state index in [9.17, 15) is 13.2 Å². The molecule has 34 heavy (non-hydrogen) atoms. The van der Waals surface area contributed by atoms with Crippen LogP contribution < -0.4 is 15.8 Å². The zero-order valence-corrected chi connectivity index (χ0v) is 20.6. The van der Waals surface area contributed by atoms with Gasteiger partial charge in [-0.25, -0.2) is 8.42 Å². The lowest BCUT2D eigenvalue weighted by molar-refractivity contribution is 0.385. The van der Waals surface area contributed by atoms with Crippen LogP contribution in [-0.4, -0.2) is 55.2 Å². The molecule has 2 aromatic carbocycles. The van der Waals surface area contributed by atoms with E-state index in [-0.39, 0.29) is 10.5 Å². The Labute approximate surface area is 204 Å². The molecule has 1 saturated heterocycles. The first-order valence-corrected chi connectivity index (χ1v) is 13.2. The smallest absolute Gasteiger partial charge is 0.296 e. The molecule has 0 radical (unpaired) electrons. The molecule has 10 heteroatoms. The highest BCUT2D eigenvalue weighted by Crippen LogP contribution is 2.26. The fourth-order valence-electron chi connectivity index (χ4n) is 3.92. The quantitative estimate of drug-likeness (QED) is 0.474. The van der Waals surface area contributed by atoms with Gasteiger partial charge in [-0.1, -0.05) is 43.1 Å². The van der Waals surface area contributed by atoms with Crippen LogP contribution in [0.3, 0.4) is 0 Å². The maximum absolute atomic E-state index is 13.4. The molecule has 1 aliphatic rings. The summed E-state index contributed by atoms with van der Waals surface area (Å²) in [5, 5.41) is 8.21. The summed E-state index contributed by atoms with van der Waals surface area (Å²) < 4.78 is 28.9. The number of nitrogens with zero attached hydrogens (tertiary/aromatic N) is 4. The molecule has 3 aromatic rings. The Morgan fingerprint density at radius 1 is 1.00 bits per heavy atom. The van der Waals surface area contributed by atoms with Crippen molar-refractivity contribution in [1.82, 2.24) is 14.1 Å². The summed E-state index contributed by atoms with van der Waals surface area (Å²) in [4.78, 5) is 15.6. The Morgan fingerprint density at radius 2 is 1.68 bits per heavy atom. The van der Waals surface area contributed by atoms with Crippen LogP contribution in [0.4, 0.5) is 11.4 Å². The topological polar surface area (TPSA) is 87.5 Å². The molecule has 0 bridgehead atoms. The average molecular weight is 502 g/mol. The highest BCUT2D eigenvalue weighted by molar-refractivity contribution is 7.89. The zero-order chi connectivity index (χ0) is 24.1. The molecule has 1 aliphatic heterocycles. The molecule has 0 atom stereocenters. The Morgan fingerprint density at radius 3 is 2.32 bits per heavy atom. The lowest BCUT2D eigenvalue weighted by Crippen LogP contribution is -2.49. The average Bonchev–Trinajstić information content (AvgIpc) is 2.86. The van der Waals surface area contributed by atoms with E-state index >= 15 is 0 Å². The molecule has 0 aliphatic carbocycles. The number of piperazine rings is 1. The van der Waals surface area contributed by atoms with E-state index in [2.05, 4.69) is 17.3 Å². The lowest BCUT2D eigenvalue weighted by Gasteiger charge is -2.36. The Bertz CT molecular complexity index is 1270. The second kappa shape index (κ2) is 10.6. The first-order valence-electron chi connectivity index (χ1n) is 11.3. The molecule has 0 spiro atoms. The van der Waals surface area contributed by atoms with E-state index in [4.69, 9.17) is 11.6 Å². The van der Waals surface area contributed by atoms with Crippen LogP contribution in [0.2, 0.25) is 5.02 Å². The normalized spacial score (nSPS) is 14.8. The van der Waals surface area contributed by atoms with Crippen molar-refractivity contribution in [2.24, 2.45) is 0 Å². The summed E-state index contributed by atoms with van der Waals surface area (Å²) in [6.45, 7) is 4.28. The molecular weight excluding hydrogens is 474 g/mol. The van der Waals surface area contributed by atoms with Crippen molar-refractivity contribution >= 4 is 33.0 Å². The molecule has 1 aromatic heterocycles. The maximum atomic E-state index is 13.4. The van der Waals surface area contributed by atoms with Gasteiger partial charge < -0.3 is 10.2 Å². The van der Waals surface area contributed by atoms with Gasteiger partial charge in [0.05, 0.1) is 22.5 Å². The fraction of sp³-hybridized carbons (Fsp3) is 0.333. The standard InChI is InChI=1S/C24H28ClN5O3S/c1-2-3-13-26-23-22(18-27-30(24(23)31)20-7-5-4-6-8-20)28-14-16-29(17-15-28)34(32,33)21-11-9-19(25)10-12-21/h4-12,18,26H,2-3,13-17H2,1H3. The van der Waals surface area contributed by atoms with Gasteiger partial charge in [0, 0.05) is 37.7 Å². The predicted octanol–water partition coefficient (Wildman–Crippen LogP) is 3.61. The van der Waals surface area contributed by atoms with Crippen molar-refractivity contribution in [2.75, 3.05) is 42.9 Å². The summed E-state index contributed by atoms with van der Waals surface area (Å²) in [5.41, 5.74) is 1.64. The predicted molar refractivity (Wildman–Crippen MR) is 136 cm³/mol. The molecule has 8 nitrogen and oxygen atoms in total. The second-order valence-corrected chi connectivity index (χ2v) is 10.5. The SMILES string of the molecule is CCCCNc1c(N2CCN(S(=O)(=O)c3ccc(Cl)cc3)CC2)cnn(-c2ccccc2)c1=O. The molecule has 0 saturated carbocycles. The van der Waals surface area contributed by atoms with Gasteiger partial charge >= 0.3 is 0 Å². The first kappa shape index (κ1) is 24.3. The Kier molecular flexibility index (Phi) is 7.55. The Balaban J connectivity index is 1.58. The number of sulfonamides is 1. The highest BCUT2D eigenvalue weighted by Gasteiger charge is 2.30.